The lowest BCUT2D eigenvalue weighted by atomic mass is 10.2. The van der Waals surface area contributed by atoms with Gasteiger partial charge in [-0.2, -0.15) is 0 Å². The van der Waals surface area contributed by atoms with Gasteiger partial charge in [-0.15, -0.1) is 24.0 Å². The lowest BCUT2D eigenvalue weighted by Gasteiger charge is -2.05. The SMILES string of the molecule is CCCCNC(N)=NCc1cccc(OC)c1.I. The van der Waals surface area contributed by atoms with Gasteiger partial charge in [-0.1, -0.05) is 25.5 Å². The minimum absolute atomic E-state index is 0. The summed E-state index contributed by atoms with van der Waals surface area (Å²) in [5.74, 6) is 1.34. The number of halogens is 1. The van der Waals surface area contributed by atoms with Crippen molar-refractivity contribution in [1.82, 2.24) is 5.32 Å². The second kappa shape index (κ2) is 9.99. The molecule has 0 amide bonds. The Morgan fingerprint density at radius 1 is 1.44 bits per heavy atom. The van der Waals surface area contributed by atoms with Crippen LogP contribution in [-0.2, 0) is 6.54 Å². The Labute approximate surface area is 126 Å². The predicted molar refractivity (Wildman–Crippen MR) is 86.6 cm³/mol. The zero-order chi connectivity index (χ0) is 12.5. The highest BCUT2D eigenvalue weighted by Crippen LogP contribution is 2.12. The van der Waals surface area contributed by atoms with Crippen molar-refractivity contribution >= 4 is 29.9 Å². The lowest BCUT2D eigenvalue weighted by Crippen LogP contribution is -2.32. The first-order chi connectivity index (χ1) is 8.26. The van der Waals surface area contributed by atoms with Crippen molar-refractivity contribution in [2.24, 2.45) is 10.7 Å². The molecule has 0 bridgehead atoms. The molecule has 0 heterocycles. The summed E-state index contributed by atoms with van der Waals surface area (Å²) in [6.45, 7) is 3.59. The molecule has 0 aromatic heterocycles. The molecule has 3 N–H and O–H groups in total. The molecule has 0 saturated heterocycles. The van der Waals surface area contributed by atoms with E-state index in [4.69, 9.17) is 10.5 Å². The largest absolute Gasteiger partial charge is 0.497 e. The Balaban J connectivity index is 0.00000289. The number of nitrogens with two attached hydrogens (primary N) is 1. The van der Waals surface area contributed by atoms with E-state index in [0.717, 1.165) is 30.7 Å². The predicted octanol–water partition coefficient (Wildman–Crippen LogP) is 2.52. The molecule has 0 aliphatic rings. The Kier molecular flexibility index (Phi) is 9.45. The van der Waals surface area contributed by atoms with Gasteiger partial charge in [0, 0.05) is 6.54 Å². The van der Waals surface area contributed by atoms with E-state index in [-0.39, 0.29) is 24.0 Å². The summed E-state index contributed by atoms with van der Waals surface area (Å²) in [6, 6.07) is 7.83. The van der Waals surface area contributed by atoms with E-state index in [2.05, 4.69) is 17.2 Å². The number of methoxy groups -OCH3 is 1. The summed E-state index contributed by atoms with van der Waals surface area (Å²) in [4.78, 5) is 4.27. The van der Waals surface area contributed by atoms with Crippen LogP contribution in [0.2, 0.25) is 0 Å². The number of rotatable bonds is 6. The van der Waals surface area contributed by atoms with Crippen LogP contribution in [0.4, 0.5) is 0 Å². The first-order valence-electron chi connectivity index (χ1n) is 5.93. The van der Waals surface area contributed by atoms with Crippen molar-refractivity contribution in [1.29, 1.82) is 0 Å². The zero-order valence-corrected chi connectivity index (χ0v) is 13.3. The van der Waals surface area contributed by atoms with Crippen molar-refractivity contribution in [3.63, 3.8) is 0 Å². The molecular weight excluding hydrogens is 341 g/mol. The van der Waals surface area contributed by atoms with Gasteiger partial charge in [-0.25, -0.2) is 4.99 Å². The number of nitrogens with zero attached hydrogens (tertiary/aromatic N) is 1. The van der Waals surface area contributed by atoms with E-state index in [1.54, 1.807) is 7.11 Å². The van der Waals surface area contributed by atoms with Crippen LogP contribution < -0.4 is 15.8 Å². The number of ether oxygens (including phenoxy) is 1. The standard InChI is InChI=1S/C13H21N3O.HI/c1-3-4-8-15-13(14)16-10-11-6-5-7-12(9-11)17-2;/h5-7,9H,3-4,8,10H2,1-2H3,(H3,14,15,16);1H. The number of nitrogens with one attached hydrogen (secondary N) is 1. The molecule has 0 fully saturated rings. The van der Waals surface area contributed by atoms with E-state index in [0.29, 0.717) is 12.5 Å². The highest BCUT2D eigenvalue weighted by molar-refractivity contribution is 14.0. The van der Waals surface area contributed by atoms with E-state index in [9.17, 15) is 0 Å². The van der Waals surface area contributed by atoms with Crippen molar-refractivity contribution in [2.45, 2.75) is 26.3 Å². The van der Waals surface area contributed by atoms with Crippen LogP contribution in [0.25, 0.3) is 0 Å². The van der Waals surface area contributed by atoms with Gasteiger partial charge in [0.15, 0.2) is 5.96 Å². The third-order valence-electron chi connectivity index (χ3n) is 2.40. The van der Waals surface area contributed by atoms with Crippen molar-refractivity contribution in [3.8, 4) is 5.75 Å². The van der Waals surface area contributed by atoms with Gasteiger partial charge in [0.2, 0.25) is 0 Å². The number of hydrogen-bond acceptors (Lipinski definition) is 2. The topological polar surface area (TPSA) is 59.6 Å². The second-order valence-electron chi connectivity index (χ2n) is 3.83. The van der Waals surface area contributed by atoms with E-state index >= 15 is 0 Å². The van der Waals surface area contributed by atoms with Crippen LogP contribution in [0.5, 0.6) is 5.75 Å². The Morgan fingerprint density at radius 3 is 2.89 bits per heavy atom. The number of guanidine groups is 1. The monoisotopic (exact) mass is 363 g/mol. The molecule has 0 unspecified atom stereocenters. The van der Waals surface area contributed by atoms with Gasteiger partial charge >= 0.3 is 0 Å². The van der Waals surface area contributed by atoms with Crippen molar-refractivity contribution < 1.29 is 4.74 Å². The molecule has 0 atom stereocenters. The summed E-state index contributed by atoms with van der Waals surface area (Å²) in [5.41, 5.74) is 6.83. The van der Waals surface area contributed by atoms with E-state index < -0.39 is 0 Å². The van der Waals surface area contributed by atoms with Gasteiger partial charge in [-0.3, -0.25) is 0 Å². The van der Waals surface area contributed by atoms with Gasteiger partial charge in [0.25, 0.3) is 0 Å². The smallest absolute Gasteiger partial charge is 0.188 e. The Hall–Kier alpha value is -0.980. The molecule has 0 aliphatic heterocycles. The minimum Gasteiger partial charge on any atom is -0.497 e. The number of benzene rings is 1. The minimum atomic E-state index is 0. The molecule has 102 valence electrons. The maximum atomic E-state index is 5.74. The summed E-state index contributed by atoms with van der Waals surface area (Å²) < 4.78 is 5.15. The fraction of sp³-hybridized carbons (Fsp3) is 0.462. The summed E-state index contributed by atoms with van der Waals surface area (Å²) in [6.07, 6.45) is 2.26. The molecule has 0 spiro atoms. The molecule has 1 rings (SSSR count). The van der Waals surface area contributed by atoms with Crippen LogP contribution in [-0.4, -0.2) is 19.6 Å². The normalized spacial score (nSPS) is 10.7. The zero-order valence-electron chi connectivity index (χ0n) is 11.0. The summed E-state index contributed by atoms with van der Waals surface area (Å²) in [7, 11) is 1.66. The molecule has 18 heavy (non-hydrogen) atoms. The average Bonchev–Trinajstić information content (AvgIpc) is 2.37. The van der Waals surface area contributed by atoms with Crippen LogP contribution in [0.1, 0.15) is 25.3 Å². The molecule has 0 aliphatic carbocycles. The number of unbranched alkanes of at least 4 members (excludes halogenated alkanes) is 1. The molecule has 4 nitrogen and oxygen atoms in total. The van der Waals surface area contributed by atoms with Crippen LogP contribution in [0, 0.1) is 0 Å². The number of aliphatic imine (C=N–C) groups is 1. The highest BCUT2D eigenvalue weighted by atomic mass is 127. The molecular formula is C13H22IN3O. The second-order valence-corrected chi connectivity index (χ2v) is 3.83. The summed E-state index contributed by atoms with van der Waals surface area (Å²) in [5, 5.41) is 3.08. The molecule has 5 heteroatoms. The fourth-order valence-electron chi connectivity index (χ4n) is 1.40. The van der Waals surface area contributed by atoms with Gasteiger partial charge < -0.3 is 15.8 Å². The molecule has 0 saturated carbocycles. The van der Waals surface area contributed by atoms with Gasteiger partial charge in [-0.05, 0) is 24.1 Å². The maximum Gasteiger partial charge on any atom is 0.188 e. The Bertz CT molecular complexity index is 369. The van der Waals surface area contributed by atoms with Crippen molar-refractivity contribution in [2.75, 3.05) is 13.7 Å². The molecule has 1 aromatic rings. The van der Waals surface area contributed by atoms with Gasteiger partial charge in [0.1, 0.15) is 5.75 Å². The highest BCUT2D eigenvalue weighted by Gasteiger charge is 1.95. The van der Waals surface area contributed by atoms with E-state index in [1.165, 1.54) is 0 Å². The molecule has 0 radical (unpaired) electrons. The third-order valence-corrected chi connectivity index (χ3v) is 2.40. The summed E-state index contributed by atoms with van der Waals surface area (Å²) >= 11 is 0. The van der Waals surface area contributed by atoms with Crippen molar-refractivity contribution in [3.05, 3.63) is 29.8 Å². The van der Waals surface area contributed by atoms with Crippen LogP contribution >= 0.6 is 24.0 Å². The quantitative estimate of drug-likeness (QED) is 0.353. The maximum absolute atomic E-state index is 5.74. The Morgan fingerprint density at radius 2 is 2.22 bits per heavy atom. The third kappa shape index (κ3) is 6.68. The first-order valence-corrected chi connectivity index (χ1v) is 5.93. The number of hydrogen-bond donors (Lipinski definition) is 2. The van der Waals surface area contributed by atoms with Crippen LogP contribution in [0.3, 0.4) is 0 Å². The van der Waals surface area contributed by atoms with E-state index in [1.807, 2.05) is 24.3 Å². The first kappa shape index (κ1) is 17.0. The average molecular weight is 363 g/mol. The lowest BCUT2D eigenvalue weighted by molar-refractivity contribution is 0.414. The van der Waals surface area contributed by atoms with Gasteiger partial charge in [0.05, 0.1) is 13.7 Å². The molecule has 1 aromatic carbocycles. The van der Waals surface area contributed by atoms with Crippen LogP contribution in [0.15, 0.2) is 29.3 Å². The fourth-order valence-corrected chi connectivity index (χ4v) is 1.40.